The van der Waals surface area contributed by atoms with E-state index in [4.69, 9.17) is 23.2 Å². The Morgan fingerprint density at radius 1 is 1.11 bits per heavy atom. The van der Waals surface area contributed by atoms with Crippen LogP contribution in [0.1, 0.15) is 26.3 Å². The molecule has 0 atom stereocenters. The van der Waals surface area contributed by atoms with Crippen LogP contribution in [-0.4, -0.2) is 36.6 Å². The standard InChI is InChI=1S/C15H22Cl2N2/c1-15(2,3)19-8-6-18(7-9-19)13-5-4-12(11-16)14(17)10-13/h4-5,10H,6-9,11H2,1-3H3. The van der Waals surface area contributed by atoms with Gasteiger partial charge in [0.05, 0.1) is 0 Å². The molecular formula is C15H22Cl2N2. The van der Waals surface area contributed by atoms with Gasteiger partial charge in [-0.2, -0.15) is 0 Å². The van der Waals surface area contributed by atoms with Crippen LogP contribution in [0, 0.1) is 0 Å². The molecule has 0 unspecified atom stereocenters. The molecule has 1 saturated heterocycles. The number of piperazine rings is 1. The van der Waals surface area contributed by atoms with Crippen LogP contribution in [0.3, 0.4) is 0 Å². The molecule has 0 bridgehead atoms. The van der Waals surface area contributed by atoms with Crippen molar-refractivity contribution in [2.24, 2.45) is 0 Å². The molecule has 1 heterocycles. The second-order valence-electron chi connectivity index (χ2n) is 6.05. The van der Waals surface area contributed by atoms with Crippen LogP contribution in [0.25, 0.3) is 0 Å². The first-order valence-electron chi connectivity index (χ1n) is 6.76. The van der Waals surface area contributed by atoms with Crippen molar-refractivity contribution in [3.8, 4) is 0 Å². The highest BCUT2D eigenvalue weighted by molar-refractivity contribution is 6.32. The smallest absolute Gasteiger partial charge is 0.0488 e. The lowest BCUT2D eigenvalue weighted by molar-refractivity contribution is 0.128. The summed E-state index contributed by atoms with van der Waals surface area (Å²) in [5.41, 5.74) is 2.46. The van der Waals surface area contributed by atoms with Crippen LogP contribution in [0.4, 0.5) is 5.69 Å². The van der Waals surface area contributed by atoms with E-state index in [2.05, 4.69) is 36.6 Å². The topological polar surface area (TPSA) is 6.48 Å². The SMILES string of the molecule is CC(C)(C)N1CCN(c2ccc(CCl)c(Cl)c2)CC1. The zero-order valence-corrected chi connectivity index (χ0v) is 13.4. The summed E-state index contributed by atoms with van der Waals surface area (Å²) >= 11 is 12.1. The molecule has 106 valence electrons. The lowest BCUT2D eigenvalue weighted by Gasteiger charge is -2.43. The van der Waals surface area contributed by atoms with Gasteiger partial charge in [0.25, 0.3) is 0 Å². The third-order valence-electron chi connectivity index (χ3n) is 3.77. The van der Waals surface area contributed by atoms with Gasteiger partial charge in [-0.25, -0.2) is 0 Å². The van der Waals surface area contributed by atoms with Gasteiger partial charge >= 0.3 is 0 Å². The van der Waals surface area contributed by atoms with Crippen LogP contribution in [-0.2, 0) is 5.88 Å². The molecule has 1 aromatic rings. The van der Waals surface area contributed by atoms with Crippen LogP contribution in [0.2, 0.25) is 5.02 Å². The summed E-state index contributed by atoms with van der Waals surface area (Å²) in [5, 5.41) is 0.769. The first kappa shape index (κ1) is 15.0. The van der Waals surface area contributed by atoms with Crippen molar-refractivity contribution in [1.29, 1.82) is 0 Å². The minimum absolute atomic E-state index is 0.256. The van der Waals surface area contributed by atoms with Crippen molar-refractivity contribution in [2.45, 2.75) is 32.2 Å². The van der Waals surface area contributed by atoms with Crippen molar-refractivity contribution in [3.63, 3.8) is 0 Å². The van der Waals surface area contributed by atoms with Crippen molar-refractivity contribution in [3.05, 3.63) is 28.8 Å². The van der Waals surface area contributed by atoms with E-state index < -0.39 is 0 Å². The summed E-state index contributed by atoms with van der Waals surface area (Å²) in [6, 6.07) is 6.18. The summed E-state index contributed by atoms with van der Waals surface area (Å²) in [6.45, 7) is 11.1. The van der Waals surface area contributed by atoms with E-state index in [1.54, 1.807) is 0 Å². The Kier molecular flexibility index (Phi) is 4.65. The van der Waals surface area contributed by atoms with Crippen molar-refractivity contribution in [1.82, 2.24) is 4.90 Å². The number of hydrogen-bond donors (Lipinski definition) is 0. The molecule has 0 amide bonds. The molecule has 1 aliphatic heterocycles. The second kappa shape index (κ2) is 5.90. The fourth-order valence-electron chi connectivity index (χ4n) is 2.48. The molecule has 0 saturated carbocycles. The molecule has 0 radical (unpaired) electrons. The lowest BCUT2D eigenvalue weighted by atomic mass is 10.0. The van der Waals surface area contributed by atoms with E-state index in [1.807, 2.05) is 12.1 Å². The predicted octanol–water partition coefficient (Wildman–Crippen LogP) is 4.00. The molecule has 1 aliphatic rings. The molecular weight excluding hydrogens is 279 g/mol. The summed E-state index contributed by atoms with van der Waals surface area (Å²) in [6.07, 6.45) is 0. The third-order valence-corrected chi connectivity index (χ3v) is 4.41. The molecule has 4 heteroatoms. The zero-order valence-electron chi connectivity index (χ0n) is 11.9. The van der Waals surface area contributed by atoms with Gasteiger partial charge in [0.15, 0.2) is 0 Å². The Morgan fingerprint density at radius 2 is 1.74 bits per heavy atom. The molecule has 0 N–H and O–H groups in total. The van der Waals surface area contributed by atoms with E-state index in [9.17, 15) is 0 Å². The van der Waals surface area contributed by atoms with Crippen molar-refractivity contribution >= 4 is 28.9 Å². The van der Waals surface area contributed by atoms with E-state index in [0.29, 0.717) is 5.88 Å². The molecule has 1 fully saturated rings. The first-order chi connectivity index (χ1) is 8.91. The number of halogens is 2. The molecule has 19 heavy (non-hydrogen) atoms. The highest BCUT2D eigenvalue weighted by Crippen LogP contribution is 2.26. The normalized spacial score (nSPS) is 17.8. The second-order valence-corrected chi connectivity index (χ2v) is 6.73. The average Bonchev–Trinajstić information content (AvgIpc) is 2.38. The Morgan fingerprint density at radius 3 is 2.21 bits per heavy atom. The van der Waals surface area contributed by atoms with Gasteiger partial charge < -0.3 is 4.90 Å². The third kappa shape index (κ3) is 3.56. The fourth-order valence-corrected chi connectivity index (χ4v) is 3.02. The minimum Gasteiger partial charge on any atom is -0.369 e. The molecule has 0 aliphatic carbocycles. The number of benzene rings is 1. The van der Waals surface area contributed by atoms with Crippen molar-refractivity contribution in [2.75, 3.05) is 31.1 Å². The van der Waals surface area contributed by atoms with Gasteiger partial charge in [0.1, 0.15) is 0 Å². The van der Waals surface area contributed by atoms with Crippen LogP contribution in [0.15, 0.2) is 18.2 Å². The summed E-state index contributed by atoms with van der Waals surface area (Å²) in [7, 11) is 0. The highest BCUT2D eigenvalue weighted by Gasteiger charge is 2.25. The number of anilines is 1. The zero-order chi connectivity index (χ0) is 14.0. The Hall–Kier alpha value is -0.440. The Labute approximate surface area is 126 Å². The quantitative estimate of drug-likeness (QED) is 0.762. The number of rotatable bonds is 2. The Bertz CT molecular complexity index is 432. The number of hydrogen-bond acceptors (Lipinski definition) is 2. The van der Waals surface area contributed by atoms with Crippen molar-refractivity contribution < 1.29 is 0 Å². The van der Waals surface area contributed by atoms with Crippen LogP contribution >= 0.6 is 23.2 Å². The summed E-state index contributed by atoms with van der Waals surface area (Å²) < 4.78 is 0. The van der Waals surface area contributed by atoms with E-state index in [-0.39, 0.29) is 5.54 Å². The van der Waals surface area contributed by atoms with Gasteiger partial charge in [-0.3, -0.25) is 4.90 Å². The number of alkyl halides is 1. The summed E-state index contributed by atoms with van der Waals surface area (Å²) in [5.74, 6) is 0.469. The molecule has 2 nitrogen and oxygen atoms in total. The Balaban J connectivity index is 2.04. The molecule has 0 spiro atoms. The molecule has 0 aromatic heterocycles. The van der Waals surface area contributed by atoms with E-state index >= 15 is 0 Å². The number of nitrogens with zero attached hydrogens (tertiary/aromatic N) is 2. The van der Waals surface area contributed by atoms with E-state index in [0.717, 1.165) is 36.8 Å². The van der Waals surface area contributed by atoms with Gasteiger partial charge in [-0.1, -0.05) is 17.7 Å². The van der Waals surface area contributed by atoms with Gasteiger partial charge in [-0.15, -0.1) is 11.6 Å². The maximum absolute atomic E-state index is 6.23. The summed E-state index contributed by atoms with van der Waals surface area (Å²) in [4.78, 5) is 4.92. The van der Waals surface area contributed by atoms with Gasteiger partial charge in [0, 0.05) is 48.3 Å². The fraction of sp³-hybridized carbons (Fsp3) is 0.600. The van der Waals surface area contributed by atoms with Crippen LogP contribution < -0.4 is 4.90 Å². The van der Waals surface area contributed by atoms with Gasteiger partial charge in [-0.05, 0) is 38.5 Å². The minimum atomic E-state index is 0.256. The largest absolute Gasteiger partial charge is 0.369 e. The van der Waals surface area contributed by atoms with Gasteiger partial charge in [0.2, 0.25) is 0 Å². The monoisotopic (exact) mass is 300 g/mol. The average molecular weight is 301 g/mol. The predicted molar refractivity (Wildman–Crippen MR) is 84.5 cm³/mol. The first-order valence-corrected chi connectivity index (χ1v) is 7.67. The highest BCUT2D eigenvalue weighted by atomic mass is 35.5. The van der Waals surface area contributed by atoms with E-state index in [1.165, 1.54) is 5.69 Å². The maximum atomic E-state index is 6.23. The molecule has 2 rings (SSSR count). The van der Waals surface area contributed by atoms with Crippen LogP contribution in [0.5, 0.6) is 0 Å². The lowest BCUT2D eigenvalue weighted by Crippen LogP contribution is -2.53. The maximum Gasteiger partial charge on any atom is 0.0488 e. The molecule has 1 aromatic carbocycles.